The van der Waals surface area contributed by atoms with Gasteiger partial charge in [0.2, 0.25) is 5.91 Å². The van der Waals surface area contributed by atoms with Crippen LogP contribution in [-0.4, -0.2) is 56.3 Å². The highest BCUT2D eigenvalue weighted by Crippen LogP contribution is 2.27. The topological polar surface area (TPSA) is 94.2 Å². The number of ether oxygens (including phenoxy) is 3. The fourth-order valence-electron chi connectivity index (χ4n) is 2.39. The molecular formula is C21H34N2O6. The molecule has 0 aromatic heterocycles. The second-order valence-corrected chi connectivity index (χ2v) is 7.02. The van der Waals surface area contributed by atoms with Crippen LogP contribution >= 0.6 is 0 Å². The lowest BCUT2D eigenvalue weighted by Crippen LogP contribution is -2.44. The number of amides is 2. The van der Waals surface area contributed by atoms with Gasteiger partial charge in [0.1, 0.15) is 23.9 Å². The molecule has 1 aromatic rings. The predicted molar refractivity (Wildman–Crippen MR) is 111 cm³/mol. The number of aryl methyl sites for hydroxylation is 1. The monoisotopic (exact) mass is 410 g/mol. The third kappa shape index (κ3) is 8.41. The molecule has 1 atom stereocenters. The van der Waals surface area contributed by atoms with Crippen molar-refractivity contribution in [1.82, 2.24) is 10.2 Å². The van der Waals surface area contributed by atoms with Crippen LogP contribution in [0.15, 0.2) is 18.2 Å². The SMILES string of the molecule is CC.COC(=O)CNC(=O)C(c1ccc(OC)c(C)c1)N(C)C(=O)OC(C)(C)C. The zero-order chi connectivity index (χ0) is 22.8. The second kappa shape index (κ2) is 11.9. The van der Waals surface area contributed by atoms with Crippen molar-refractivity contribution >= 4 is 18.0 Å². The van der Waals surface area contributed by atoms with E-state index in [9.17, 15) is 14.4 Å². The first-order valence-corrected chi connectivity index (χ1v) is 9.45. The summed E-state index contributed by atoms with van der Waals surface area (Å²) in [5.41, 5.74) is 0.649. The first-order valence-electron chi connectivity index (χ1n) is 9.45. The van der Waals surface area contributed by atoms with Crippen LogP contribution < -0.4 is 10.1 Å². The quantitative estimate of drug-likeness (QED) is 0.724. The van der Waals surface area contributed by atoms with E-state index in [4.69, 9.17) is 9.47 Å². The van der Waals surface area contributed by atoms with Crippen molar-refractivity contribution in [3.63, 3.8) is 0 Å². The predicted octanol–water partition coefficient (Wildman–Crippen LogP) is 3.23. The third-order valence-electron chi connectivity index (χ3n) is 3.69. The molecule has 1 aromatic carbocycles. The van der Waals surface area contributed by atoms with Crippen molar-refractivity contribution < 1.29 is 28.6 Å². The summed E-state index contributed by atoms with van der Waals surface area (Å²) in [5.74, 6) is -0.460. The number of benzene rings is 1. The van der Waals surface area contributed by atoms with Gasteiger partial charge in [-0.1, -0.05) is 19.9 Å². The normalized spacial score (nSPS) is 11.3. The molecule has 0 saturated heterocycles. The number of nitrogens with one attached hydrogen (secondary N) is 1. The molecule has 0 aliphatic carbocycles. The standard InChI is InChI=1S/C19H28N2O6.C2H6/c1-12-10-13(8-9-14(12)25-6)16(17(23)20-11-15(22)26-7)21(5)18(24)27-19(2,3)4;1-2/h8-10,16H,11H2,1-7H3,(H,20,23);1-2H3. The van der Waals surface area contributed by atoms with Crippen LogP contribution in [-0.2, 0) is 19.1 Å². The Morgan fingerprint density at radius 3 is 2.17 bits per heavy atom. The number of carbonyl (C=O) groups is 3. The lowest BCUT2D eigenvalue weighted by molar-refractivity contribution is -0.141. The van der Waals surface area contributed by atoms with Crippen molar-refractivity contribution in [1.29, 1.82) is 0 Å². The molecule has 0 bridgehead atoms. The molecule has 0 heterocycles. The molecule has 8 nitrogen and oxygen atoms in total. The van der Waals surface area contributed by atoms with Crippen LogP contribution in [0.4, 0.5) is 4.79 Å². The van der Waals surface area contributed by atoms with Crippen LogP contribution in [0.3, 0.4) is 0 Å². The van der Waals surface area contributed by atoms with Crippen LogP contribution in [0.2, 0.25) is 0 Å². The lowest BCUT2D eigenvalue weighted by Gasteiger charge is -2.30. The molecule has 0 aliphatic heterocycles. The summed E-state index contributed by atoms with van der Waals surface area (Å²) >= 11 is 0. The van der Waals surface area contributed by atoms with E-state index in [0.29, 0.717) is 11.3 Å². The number of methoxy groups -OCH3 is 2. The first-order chi connectivity index (χ1) is 13.5. The Labute approximate surface area is 173 Å². The van der Waals surface area contributed by atoms with E-state index >= 15 is 0 Å². The zero-order valence-corrected chi connectivity index (χ0v) is 18.9. The highest BCUT2D eigenvalue weighted by molar-refractivity contribution is 5.89. The summed E-state index contributed by atoms with van der Waals surface area (Å²) in [6, 6.07) is 4.17. The van der Waals surface area contributed by atoms with E-state index in [1.807, 2.05) is 20.8 Å². The number of hydrogen-bond donors (Lipinski definition) is 1. The van der Waals surface area contributed by atoms with E-state index in [1.54, 1.807) is 46.1 Å². The Hall–Kier alpha value is -2.77. The summed E-state index contributed by atoms with van der Waals surface area (Å²) in [5, 5.41) is 2.48. The van der Waals surface area contributed by atoms with Crippen LogP contribution in [0.25, 0.3) is 0 Å². The minimum atomic E-state index is -0.992. The van der Waals surface area contributed by atoms with Gasteiger partial charge in [0.25, 0.3) is 0 Å². The Morgan fingerprint density at radius 2 is 1.72 bits per heavy atom. The minimum Gasteiger partial charge on any atom is -0.496 e. The molecule has 0 spiro atoms. The summed E-state index contributed by atoms with van der Waals surface area (Å²) in [6.45, 7) is 10.7. The molecule has 0 fully saturated rings. The number of nitrogens with zero attached hydrogens (tertiary/aromatic N) is 1. The van der Waals surface area contributed by atoms with Crippen LogP contribution in [0.5, 0.6) is 5.75 Å². The Kier molecular flexibility index (Phi) is 10.8. The van der Waals surface area contributed by atoms with Gasteiger partial charge in [0, 0.05) is 7.05 Å². The van der Waals surface area contributed by atoms with Gasteiger partial charge >= 0.3 is 12.1 Å². The molecule has 0 saturated carbocycles. The number of rotatable bonds is 6. The van der Waals surface area contributed by atoms with Gasteiger partial charge in [-0.2, -0.15) is 0 Å². The summed E-state index contributed by atoms with van der Waals surface area (Å²) in [7, 11) is 4.25. The maximum absolute atomic E-state index is 12.7. The second-order valence-electron chi connectivity index (χ2n) is 7.02. The van der Waals surface area contributed by atoms with E-state index in [0.717, 1.165) is 5.56 Å². The van der Waals surface area contributed by atoms with Crippen LogP contribution in [0, 0.1) is 6.92 Å². The molecular weight excluding hydrogens is 376 g/mol. The fourth-order valence-corrected chi connectivity index (χ4v) is 2.39. The van der Waals surface area contributed by atoms with Crippen molar-refractivity contribution in [2.24, 2.45) is 0 Å². The smallest absolute Gasteiger partial charge is 0.410 e. The molecule has 29 heavy (non-hydrogen) atoms. The molecule has 1 N–H and O–H groups in total. The largest absolute Gasteiger partial charge is 0.496 e. The van der Waals surface area contributed by atoms with Gasteiger partial charge in [-0.05, 0) is 51.0 Å². The van der Waals surface area contributed by atoms with Crippen LogP contribution in [0.1, 0.15) is 51.8 Å². The van der Waals surface area contributed by atoms with Crippen molar-refractivity contribution in [3.05, 3.63) is 29.3 Å². The molecule has 1 unspecified atom stereocenters. The lowest BCUT2D eigenvalue weighted by atomic mass is 10.0. The maximum atomic E-state index is 12.7. The first kappa shape index (κ1) is 26.2. The molecule has 0 radical (unpaired) electrons. The molecule has 164 valence electrons. The van der Waals surface area contributed by atoms with E-state index < -0.39 is 29.6 Å². The Balaban J connectivity index is 0.00000379. The van der Waals surface area contributed by atoms with E-state index in [1.165, 1.54) is 19.1 Å². The highest BCUT2D eigenvalue weighted by Gasteiger charge is 2.32. The Morgan fingerprint density at radius 1 is 1.14 bits per heavy atom. The Bertz CT molecular complexity index is 697. The molecule has 0 aliphatic rings. The average molecular weight is 411 g/mol. The van der Waals surface area contributed by atoms with Crippen molar-refractivity contribution in [3.8, 4) is 5.75 Å². The molecule has 1 rings (SSSR count). The van der Waals surface area contributed by atoms with Gasteiger partial charge in [0.05, 0.1) is 14.2 Å². The van der Waals surface area contributed by atoms with Gasteiger partial charge in [-0.15, -0.1) is 0 Å². The van der Waals surface area contributed by atoms with E-state index in [-0.39, 0.29) is 6.54 Å². The van der Waals surface area contributed by atoms with Crippen molar-refractivity contribution in [2.75, 3.05) is 27.8 Å². The van der Waals surface area contributed by atoms with Crippen molar-refractivity contribution in [2.45, 2.75) is 53.2 Å². The number of likely N-dealkylation sites (N-methyl/N-ethyl adjacent to an activating group) is 1. The highest BCUT2D eigenvalue weighted by atomic mass is 16.6. The summed E-state index contributed by atoms with van der Waals surface area (Å²) < 4.78 is 15.1. The zero-order valence-electron chi connectivity index (χ0n) is 18.9. The summed E-state index contributed by atoms with van der Waals surface area (Å²) in [4.78, 5) is 37.8. The van der Waals surface area contributed by atoms with Gasteiger partial charge in [0.15, 0.2) is 0 Å². The van der Waals surface area contributed by atoms with Gasteiger partial charge < -0.3 is 19.5 Å². The van der Waals surface area contributed by atoms with E-state index in [2.05, 4.69) is 10.1 Å². The number of hydrogen-bond acceptors (Lipinski definition) is 6. The minimum absolute atomic E-state index is 0.302. The fraction of sp³-hybridized carbons (Fsp3) is 0.571. The number of carbonyl (C=O) groups excluding carboxylic acids is 3. The molecule has 2 amide bonds. The number of esters is 1. The average Bonchev–Trinajstić information content (AvgIpc) is 2.66. The molecule has 8 heteroatoms. The maximum Gasteiger partial charge on any atom is 0.410 e. The summed E-state index contributed by atoms with van der Waals surface area (Å²) in [6.07, 6.45) is -0.658. The van der Waals surface area contributed by atoms with Gasteiger partial charge in [-0.3, -0.25) is 14.5 Å². The van der Waals surface area contributed by atoms with Gasteiger partial charge in [-0.25, -0.2) is 4.79 Å². The third-order valence-corrected chi connectivity index (χ3v) is 3.69.